The van der Waals surface area contributed by atoms with Gasteiger partial charge in [-0.3, -0.25) is 0 Å². The molecule has 0 saturated heterocycles. The van der Waals surface area contributed by atoms with E-state index < -0.39 is 20.2 Å². The molecule has 34 heavy (non-hydrogen) atoms. The van der Waals surface area contributed by atoms with Crippen molar-refractivity contribution in [2.45, 2.75) is 57.8 Å². The lowest BCUT2D eigenvalue weighted by molar-refractivity contribution is -0.167. The van der Waals surface area contributed by atoms with Crippen LogP contribution >= 0.6 is 0 Å². The Morgan fingerprint density at radius 3 is 1.74 bits per heavy atom. The van der Waals surface area contributed by atoms with Gasteiger partial charge in [0.2, 0.25) is 6.43 Å². The number of benzene rings is 3. The summed E-state index contributed by atoms with van der Waals surface area (Å²) >= 11 is 0. The molecule has 0 amide bonds. The number of rotatable bonds is 9. The van der Waals surface area contributed by atoms with Gasteiger partial charge < -0.3 is 9.16 Å². The largest absolute Gasteiger partial charge is 0.407 e. The highest BCUT2D eigenvalue weighted by Gasteiger charge is 2.56. The summed E-state index contributed by atoms with van der Waals surface area (Å²) in [4.78, 5) is 0. The maximum absolute atomic E-state index is 14.4. The van der Waals surface area contributed by atoms with Gasteiger partial charge in [0, 0.05) is 6.61 Å². The van der Waals surface area contributed by atoms with Crippen LogP contribution in [0.25, 0.3) is 0 Å². The molecule has 4 rings (SSSR count). The van der Waals surface area contributed by atoms with Crippen LogP contribution in [0.4, 0.5) is 8.78 Å². The summed E-state index contributed by atoms with van der Waals surface area (Å²) in [5, 5.41) is 1.97. The van der Waals surface area contributed by atoms with E-state index in [0.717, 1.165) is 15.9 Å². The standard InChI is InChI=1S/C29H34F2O2Si/c1-28(2,3)34(25-15-9-5-10-16-25,26-17-11-6-12-18-26)33-22-29(27(30)31)19-24(20-29)32-21-23-13-7-4-8-14-23/h4-18,24,27H,19-22H2,1-3H3. The minimum Gasteiger partial charge on any atom is -0.407 e. The summed E-state index contributed by atoms with van der Waals surface area (Å²) in [5.74, 6) is 0. The molecule has 2 nitrogen and oxygen atoms in total. The first-order chi connectivity index (χ1) is 16.3. The molecule has 5 heteroatoms. The first-order valence-corrected chi connectivity index (χ1v) is 13.9. The highest BCUT2D eigenvalue weighted by atomic mass is 28.4. The number of halogens is 2. The van der Waals surface area contributed by atoms with Crippen molar-refractivity contribution in [1.82, 2.24) is 0 Å². The van der Waals surface area contributed by atoms with Crippen LogP contribution in [0.5, 0.6) is 0 Å². The van der Waals surface area contributed by atoms with Crippen LogP contribution in [-0.4, -0.2) is 27.5 Å². The number of hydrogen-bond donors (Lipinski definition) is 0. The van der Waals surface area contributed by atoms with E-state index in [9.17, 15) is 8.78 Å². The molecule has 1 fully saturated rings. The second-order valence-corrected chi connectivity index (χ2v) is 14.7. The monoisotopic (exact) mass is 480 g/mol. The van der Waals surface area contributed by atoms with Crippen molar-refractivity contribution >= 4 is 18.7 Å². The van der Waals surface area contributed by atoms with Gasteiger partial charge in [0.15, 0.2) is 0 Å². The molecule has 0 heterocycles. The van der Waals surface area contributed by atoms with Crippen LogP contribution < -0.4 is 10.4 Å². The molecule has 3 aromatic rings. The van der Waals surface area contributed by atoms with Gasteiger partial charge in [0.25, 0.3) is 8.32 Å². The Labute approximate surface area is 203 Å². The molecule has 0 radical (unpaired) electrons. The van der Waals surface area contributed by atoms with E-state index in [1.54, 1.807) is 0 Å². The van der Waals surface area contributed by atoms with Crippen molar-refractivity contribution in [3.05, 3.63) is 96.6 Å². The zero-order valence-corrected chi connectivity index (χ0v) is 21.2. The number of hydrogen-bond acceptors (Lipinski definition) is 2. The first-order valence-electron chi connectivity index (χ1n) is 12.0. The van der Waals surface area contributed by atoms with E-state index in [4.69, 9.17) is 9.16 Å². The molecule has 0 aromatic heterocycles. The molecule has 1 aliphatic rings. The topological polar surface area (TPSA) is 18.5 Å². The molecule has 0 spiro atoms. The van der Waals surface area contributed by atoms with E-state index in [1.807, 2.05) is 66.7 Å². The van der Waals surface area contributed by atoms with Crippen LogP contribution in [0, 0.1) is 5.41 Å². The molecule has 0 unspecified atom stereocenters. The van der Waals surface area contributed by atoms with Crippen molar-refractivity contribution in [2.75, 3.05) is 6.61 Å². The maximum atomic E-state index is 14.4. The summed E-state index contributed by atoms with van der Waals surface area (Å²) in [7, 11) is -2.85. The maximum Gasteiger partial charge on any atom is 0.261 e. The smallest absolute Gasteiger partial charge is 0.261 e. The Morgan fingerprint density at radius 2 is 1.29 bits per heavy atom. The fourth-order valence-electron chi connectivity index (χ4n) is 5.13. The van der Waals surface area contributed by atoms with E-state index in [-0.39, 0.29) is 17.7 Å². The van der Waals surface area contributed by atoms with Gasteiger partial charge in [-0.2, -0.15) is 0 Å². The SMILES string of the molecule is CC(C)(C)[Si](OCC1(C(F)F)CC(OCc2ccccc2)C1)(c1ccccc1)c1ccccc1. The summed E-state index contributed by atoms with van der Waals surface area (Å²) in [6.07, 6.45) is -2.00. The fraction of sp³-hybridized carbons (Fsp3) is 0.379. The predicted molar refractivity (Wildman–Crippen MR) is 136 cm³/mol. The summed E-state index contributed by atoms with van der Waals surface area (Å²) in [5.41, 5.74) is -0.116. The zero-order valence-electron chi connectivity index (χ0n) is 20.2. The Morgan fingerprint density at radius 1 is 0.824 bits per heavy atom. The lowest BCUT2D eigenvalue weighted by Crippen LogP contribution is -2.68. The zero-order chi connectivity index (χ0) is 24.2. The summed E-state index contributed by atoms with van der Waals surface area (Å²) in [6, 6.07) is 30.2. The number of ether oxygens (including phenoxy) is 1. The Kier molecular flexibility index (Phi) is 7.36. The molecular weight excluding hydrogens is 446 g/mol. The van der Waals surface area contributed by atoms with Crippen molar-refractivity contribution < 1.29 is 17.9 Å². The van der Waals surface area contributed by atoms with E-state index in [2.05, 4.69) is 45.0 Å². The van der Waals surface area contributed by atoms with Crippen molar-refractivity contribution in [2.24, 2.45) is 5.41 Å². The van der Waals surface area contributed by atoms with Crippen LogP contribution in [0.2, 0.25) is 5.04 Å². The lowest BCUT2D eigenvalue weighted by atomic mass is 9.67. The molecule has 0 bridgehead atoms. The lowest BCUT2D eigenvalue weighted by Gasteiger charge is -2.50. The van der Waals surface area contributed by atoms with Crippen LogP contribution in [0.15, 0.2) is 91.0 Å². The Bertz CT molecular complexity index is 990. The van der Waals surface area contributed by atoms with Gasteiger partial charge >= 0.3 is 0 Å². The molecule has 180 valence electrons. The second kappa shape index (κ2) is 10.1. The molecule has 3 aromatic carbocycles. The molecule has 1 aliphatic carbocycles. The summed E-state index contributed by atoms with van der Waals surface area (Å²) in [6.45, 7) is 6.98. The average molecular weight is 481 g/mol. The molecule has 0 atom stereocenters. The predicted octanol–water partition coefficient (Wildman–Crippen LogP) is 6.19. The Hall–Kier alpha value is -2.34. The van der Waals surface area contributed by atoms with Crippen LogP contribution in [-0.2, 0) is 15.8 Å². The molecule has 0 N–H and O–H groups in total. The molecule has 1 saturated carbocycles. The summed E-state index contributed by atoms with van der Waals surface area (Å²) < 4.78 is 41.7. The molecular formula is C29H34F2O2Si. The van der Waals surface area contributed by atoms with Gasteiger partial charge in [-0.1, -0.05) is 112 Å². The minimum absolute atomic E-state index is 0.0309. The number of alkyl halides is 2. The van der Waals surface area contributed by atoms with Crippen molar-refractivity contribution in [3.63, 3.8) is 0 Å². The molecule has 0 aliphatic heterocycles. The van der Waals surface area contributed by atoms with Gasteiger partial charge in [-0.15, -0.1) is 0 Å². The third-order valence-electron chi connectivity index (χ3n) is 7.05. The van der Waals surface area contributed by atoms with E-state index in [1.165, 1.54) is 0 Å². The van der Waals surface area contributed by atoms with Gasteiger partial charge in [-0.05, 0) is 33.8 Å². The highest BCUT2D eigenvalue weighted by molar-refractivity contribution is 6.99. The highest BCUT2D eigenvalue weighted by Crippen LogP contribution is 2.49. The van der Waals surface area contributed by atoms with Crippen LogP contribution in [0.1, 0.15) is 39.2 Å². The van der Waals surface area contributed by atoms with Crippen molar-refractivity contribution in [1.29, 1.82) is 0 Å². The van der Waals surface area contributed by atoms with Gasteiger partial charge in [0.05, 0.1) is 18.1 Å². The third kappa shape index (κ3) is 4.88. The van der Waals surface area contributed by atoms with E-state index >= 15 is 0 Å². The second-order valence-electron chi connectivity index (χ2n) is 10.4. The quantitative estimate of drug-likeness (QED) is 0.340. The third-order valence-corrected chi connectivity index (χ3v) is 12.0. The van der Waals surface area contributed by atoms with Crippen molar-refractivity contribution in [3.8, 4) is 0 Å². The Balaban J connectivity index is 1.57. The van der Waals surface area contributed by atoms with Gasteiger partial charge in [-0.25, -0.2) is 8.78 Å². The normalized spacial score (nSPS) is 20.8. The van der Waals surface area contributed by atoms with Crippen LogP contribution in [0.3, 0.4) is 0 Å². The van der Waals surface area contributed by atoms with Gasteiger partial charge in [0.1, 0.15) is 0 Å². The first kappa shape index (κ1) is 24.8. The average Bonchev–Trinajstić information content (AvgIpc) is 2.81. The fourth-order valence-corrected chi connectivity index (χ4v) is 9.79. The minimum atomic E-state index is -2.85. The van der Waals surface area contributed by atoms with E-state index in [0.29, 0.717) is 19.4 Å².